The summed E-state index contributed by atoms with van der Waals surface area (Å²) in [7, 11) is -3.45. The highest BCUT2D eigenvalue weighted by Gasteiger charge is 2.16. The number of anilines is 2. The Balaban J connectivity index is 1.95. The molecule has 118 valence electrons. The molecule has 0 amide bonds. The van der Waals surface area contributed by atoms with Crippen molar-refractivity contribution < 1.29 is 13.2 Å². The van der Waals surface area contributed by atoms with Gasteiger partial charge in [0.1, 0.15) is 0 Å². The number of nitrogens with two attached hydrogens (primary N) is 1. The van der Waals surface area contributed by atoms with E-state index >= 15 is 0 Å². The number of ether oxygens (including phenoxy) is 1. The first-order valence-corrected chi connectivity index (χ1v) is 8.52. The minimum atomic E-state index is -3.45. The summed E-state index contributed by atoms with van der Waals surface area (Å²) >= 11 is 5.88. The van der Waals surface area contributed by atoms with E-state index in [0.717, 1.165) is 0 Å². The Hall–Kier alpha value is -1.23. The molecule has 1 fully saturated rings. The van der Waals surface area contributed by atoms with Gasteiger partial charge in [-0.1, -0.05) is 0 Å². The molecule has 0 atom stereocenters. The minimum Gasteiger partial charge on any atom is -0.378 e. The van der Waals surface area contributed by atoms with Crippen LogP contribution in [-0.2, 0) is 14.8 Å². The van der Waals surface area contributed by atoms with Gasteiger partial charge in [-0.2, -0.15) is 15.0 Å². The molecule has 21 heavy (non-hydrogen) atoms. The van der Waals surface area contributed by atoms with Gasteiger partial charge in [0.25, 0.3) is 0 Å². The number of nitrogens with zero attached hydrogens (tertiary/aromatic N) is 4. The Morgan fingerprint density at radius 3 is 2.67 bits per heavy atom. The van der Waals surface area contributed by atoms with Gasteiger partial charge in [-0.05, 0) is 18.0 Å². The number of aromatic nitrogens is 3. The van der Waals surface area contributed by atoms with Crippen LogP contribution in [0.4, 0.5) is 11.9 Å². The lowest BCUT2D eigenvalue weighted by molar-refractivity contribution is 0.122. The van der Waals surface area contributed by atoms with Crippen molar-refractivity contribution in [2.24, 2.45) is 5.14 Å². The van der Waals surface area contributed by atoms with Crippen molar-refractivity contribution in [3.05, 3.63) is 5.28 Å². The first-order chi connectivity index (χ1) is 9.94. The van der Waals surface area contributed by atoms with Gasteiger partial charge in [-0.15, -0.1) is 0 Å². The largest absolute Gasteiger partial charge is 0.378 e. The standard InChI is InChI=1S/C10H17ClN6O3S/c11-8-14-9(13-2-1-7-21(12,18)19)16-10(15-8)17-3-5-20-6-4-17/h1-7H2,(H2,12,18,19)(H,13,14,15,16). The lowest BCUT2D eigenvalue weighted by Crippen LogP contribution is -2.37. The molecule has 1 aliphatic heterocycles. The first-order valence-electron chi connectivity index (χ1n) is 6.43. The Kier molecular flexibility index (Phi) is 5.51. The molecule has 1 saturated heterocycles. The predicted molar refractivity (Wildman–Crippen MR) is 78.9 cm³/mol. The van der Waals surface area contributed by atoms with Gasteiger partial charge in [-0.3, -0.25) is 0 Å². The third kappa shape index (κ3) is 5.58. The topological polar surface area (TPSA) is 123 Å². The van der Waals surface area contributed by atoms with Crippen LogP contribution in [0.5, 0.6) is 0 Å². The van der Waals surface area contributed by atoms with Crippen LogP contribution >= 0.6 is 11.6 Å². The van der Waals surface area contributed by atoms with Crippen molar-refractivity contribution in [1.29, 1.82) is 0 Å². The van der Waals surface area contributed by atoms with Crippen LogP contribution in [0.25, 0.3) is 0 Å². The summed E-state index contributed by atoms with van der Waals surface area (Å²) in [4.78, 5) is 14.3. The molecule has 1 aromatic heterocycles. The van der Waals surface area contributed by atoms with E-state index in [-0.39, 0.29) is 11.0 Å². The molecule has 0 saturated carbocycles. The number of sulfonamides is 1. The molecule has 11 heteroatoms. The second kappa shape index (κ2) is 7.16. The maximum absolute atomic E-state index is 10.8. The van der Waals surface area contributed by atoms with E-state index in [1.54, 1.807) is 0 Å². The molecule has 9 nitrogen and oxygen atoms in total. The van der Waals surface area contributed by atoms with Gasteiger partial charge in [0.05, 0.1) is 19.0 Å². The predicted octanol–water partition coefficient (Wildman–Crippen LogP) is -0.548. The second-order valence-corrected chi connectivity index (χ2v) is 6.55. The van der Waals surface area contributed by atoms with Crippen molar-refractivity contribution in [2.45, 2.75) is 6.42 Å². The highest BCUT2D eigenvalue weighted by atomic mass is 35.5. The molecule has 0 aromatic carbocycles. The van der Waals surface area contributed by atoms with Gasteiger partial charge in [0, 0.05) is 19.6 Å². The highest BCUT2D eigenvalue weighted by Crippen LogP contribution is 2.14. The maximum atomic E-state index is 10.8. The number of nitrogens with one attached hydrogen (secondary N) is 1. The van der Waals surface area contributed by atoms with Crippen molar-refractivity contribution in [2.75, 3.05) is 48.8 Å². The summed E-state index contributed by atoms with van der Waals surface area (Å²) in [6.07, 6.45) is 0.356. The molecule has 3 N–H and O–H groups in total. The van der Waals surface area contributed by atoms with Gasteiger partial charge >= 0.3 is 0 Å². The fourth-order valence-corrected chi connectivity index (χ4v) is 2.50. The smallest absolute Gasteiger partial charge is 0.231 e. The molecule has 0 spiro atoms. The Labute approximate surface area is 127 Å². The number of halogens is 1. The summed E-state index contributed by atoms with van der Waals surface area (Å²) in [6, 6.07) is 0. The van der Waals surface area contributed by atoms with Crippen molar-refractivity contribution in [3.63, 3.8) is 0 Å². The van der Waals surface area contributed by atoms with Crippen LogP contribution in [-0.4, -0.2) is 62.0 Å². The molecular weight excluding hydrogens is 320 g/mol. The van der Waals surface area contributed by atoms with Crippen molar-refractivity contribution >= 4 is 33.5 Å². The quantitative estimate of drug-likeness (QED) is 0.663. The van der Waals surface area contributed by atoms with Gasteiger partial charge < -0.3 is 15.0 Å². The third-order valence-electron chi connectivity index (χ3n) is 2.78. The lowest BCUT2D eigenvalue weighted by Gasteiger charge is -2.26. The van der Waals surface area contributed by atoms with E-state index < -0.39 is 10.0 Å². The lowest BCUT2D eigenvalue weighted by atomic mass is 10.4. The molecule has 0 radical (unpaired) electrons. The zero-order valence-electron chi connectivity index (χ0n) is 11.3. The number of hydrogen-bond acceptors (Lipinski definition) is 8. The molecule has 2 rings (SSSR count). The SMILES string of the molecule is NS(=O)(=O)CCCNc1nc(Cl)nc(N2CCOCC2)n1. The van der Waals surface area contributed by atoms with E-state index in [2.05, 4.69) is 20.3 Å². The Morgan fingerprint density at radius 2 is 2.00 bits per heavy atom. The minimum absolute atomic E-state index is 0.0837. The molecule has 1 aromatic rings. The van der Waals surface area contributed by atoms with E-state index in [9.17, 15) is 8.42 Å². The first kappa shape index (κ1) is 16.1. The van der Waals surface area contributed by atoms with Crippen LogP contribution < -0.4 is 15.4 Å². The fourth-order valence-electron chi connectivity index (χ4n) is 1.80. The Bertz CT molecular complexity index is 578. The number of primary sulfonamides is 1. The summed E-state index contributed by atoms with van der Waals surface area (Å²) in [5.74, 6) is 0.688. The maximum Gasteiger partial charge on any atom is 0.231 e. The molecule has 0 aliphatic carbocycles. The van der Waals surface area contributed by atoms with Crippen LogP contribution in [0.15, 0.2) is 0 Å². The van der Waals surface area contributed by atoms with Crippen LogP contribution in [0.2, 0.25) is 5.28 Å². The number of hydrogen-bond donors (Lipinski definition) is 2. The molecular formula is C10H17ClN6O3S. The number of morpholine rings is 1. The van der Waals surface area contributed by atoms with E-state index in [0.29, 0.717) is 51.2 Å². The normalized spacial score (nSPS) is 16.0. The molecule has 0 unspecified atom stereocenters. The average Bonchev–Trinajstić information content (AvgIpc) is 2.43. The second-order valence-electron chi connectivity index (χ2n) is 4.47. The van der Waals surface area contributed by atoms with E-state index in [4.69, 9.17) is 21.5 Å². The Morgan fingerprint density at radius 1 is 1.29 bits per heavy atom. The van der Waals surface area contributed by atoms with Crippen molar-refractivity contribution in [1.82, 2.24) is 15.0 Å². The van der Waals surface area contributed by atoms with Gasteiger partial charge in [0.2, 0.25) is 27.2 Å². The zero-order valence-corrected chi connectivity index (χ0v) is 12.9. The van der Waals surface area contributed by atoms with E-state index in [1.165, 1.54) is 0 Å². The molecule has 2 heterocycles. The highest BCUT2D eigenvalue weighted by molar-refractivity contribution is 7.89. The summed E-state index contributed by atoms with van der Waals surface area (Å²) < 4.78 is 26.9. The average molecular weight is 337 g/mol. The summed E-state index contributed by atoms with van der Waals surface area (Å²) in [5.41, 5.74) is 0. The van der Waals surface area contributed by atoms with Gasteiger partial charge in [0.15, 0.2) is 0 Å². The summed E-state index contributed by atoms with van der Waals surface area (Å²) in [5, 5.41) is 7.92. The summed E-state index contributed by atoms with van der Waals surface area (Å²) in [6.45, 7) is 2.97. The monoisotopic (exact) mass is 336 g/mol. The van der Waals surface area contributed by atoms with Crippen LogP contribution in [0.1, 0.15) is 6.42 Å². The molecule has 0 bridgehead atoms. The molecule has 1 aliphatic rings. The van der Waals surface area contributed by atoms with Crippen LogP contribution in [0, 0.1) is 0 Å². The fraction of sp³-hybridized carbons (Fsp3) is 0.700. The van der Waals surface area contributed by atoms with E-state index in [1.807, 2.05) is 4.90 Å². The zero-order chi connectivity index (χ0) is 15.3. The van der Waals surface area contributed by atoms with Gasteiger partial charge in [-0.25, -0.2) is 13.6 Å². The van der Waals surface area contributed by atoms with Crippen molar-refractivity contribution in [3.8, 4) is 0 Å². The number of rotatable bonds is 6. The third-order valence-corrected chi connectivity index (χ3v) is 3.81. The van der Waals surface area contributed by atoms with Crippen LogP contribution in [0.3, 0.4) is 0 Å².